The lowest BCUT2D eigenvalue weighted by molar-refractivity contribution is -0.140. The van der Waals surface area contributed by atoms with Crippen LogP contribution in [-0.2, 0) is 11.3 Å². The summed E-state index contributed by atoms with van der Waals surface area (Å²) in [6.45, 7) is 3.85. The molecule has 4 N–H and O–H groups in total. The Balaban J connectivity index is 2.69. The quantitative estimate of drug-likeness (QED) is 0.621. The first kappa shape index (κ1) is 13.3. The fourth-order valence-electron chi connectivity index (χ4n) is 1.53. The zero-order chi connectivity index (χ0) is 13.0. The number of carbonyl (C=O) groups is 1. The number of carboxylic acid groups (broad SMARTS) is 1. The maximum atomic E-state index is 10.9. The molecular formula is C12H17NO4. The number of aliphatic carboxylic acids is 1. The van der Waals surface area contributed by atoms with E-state index in [0.29, 0.717) is 5.56 Å². The first-order valence-corrected chi connectivity index (χ1v) is 5.39. The second kappa shape index (κ2) is 5.54. The molecule has 0 radical (unpaired) electrons. The Morgan fingerprint density at radius 1 is 1.35 bits per heavy atom. The highest BCUT2D eigenvalue weighted by Crippen LogP contribution is 2.22. The van der Waals surface area contributed by atoms with Crippen LogP contribution in [0.25, 0.3) is 0 Å². The summed E-state index contributed by atoms with van der Waals surface area (Å²) in [6.07, 6.45) is 0. The summed E-state index contributed by atoms with van der Waals surface area (Å²) in [5.74, 6) is -1.04. The average molecular weight is 239 g/mol. The minimum Gasteiger partial charge on any atom is -0.508 e. The van der Waals surface area contributed by atoms with Crippen molar-refractivity contribution < 1.29 is 20.1 Å². The third kappa shape index (κ3) is 3.64. The highest BCUT2D eigenvalue weighted by atomic mass is 16.4. The van der Waals surface area contributed by atoms with E-state index in [-0.39, 0.29) is 24.0 Å². The van der Waals surface area contributed by atoms with Crippen molar-refractivity contribution in [2.24, 2.45) is 5.92 Å². The van der Waals surface area contributed by atoms with Crippen LogP contribution in [-0.4, -0.2) is 27.3 Å². The second-order valence-corrected chi connectivity index (χ2v) is 4.25. The molecule has 5 nitrogen and oxygen atoms in total. The molecule has 1 unspecified atom stereocenters. The normalized spacial score (nSPS) is 12.6. The monoisotopic (exact) mass is 239 g/mol. The zero-order valence-corrected chi connectivity index (χ0v) is 9.84. The number of hydrogen-bond donors (Lipinski definition) is 4. The van der Waals surface area contributed by atoms with E-state index in [4.69, 9.17) is 10.2 Å². The molecule has 17 heavy (non-hydrogen) atoms. The Bertz CT molecular complexity index is 403. The summed E-state index contributed by atoms with van der Waals surface area (Å²) in [5, 5.41) is 30.5. The van der Waals surface area contributed by atoms with Crippen LogP contribution in [0.5, 0.6) is 11.5 Å². The van der Waals surface area contributed by atoms with Crippen molar-refractivity contribution in [2.45, 2.75) is 26.4 Å². The number of carboxylic acids is 1. The molecule has 0 heterocycles. The lowest BCUT2D eigenvalue weighted by atomic mass is 10.0. The van der Waals surface area contributed by atoms with Gasteiger partial charge in [0, 0.05) is 18.2 Å². The fraction of sp³-hybridized carbons (Fsp3) is 0.417. The van der Waals surface area contributed by atoms with E-state index in [1.807, 2.05) is 13.8 Å². The van der Waals surface area contributed by atoms with Crippen LogP contribution in [0, 0.1) is 5.92 Å². The maximum absolute atomic E-state index is 10.9. The highest BCUT2D eigenvalue weighted by molar-refractivity contribution is 5.73. The number of phenols is 2. The van der Waals surface area contributed by atoms with Gasteiger partial charge in [0.05, 0.1) is 0 Å². The van der Waals surface area contributed by atoms with Crippen molar-refractivity contribution in [3.05, 3.63) is 23.8 Å². The third-order valence-electron chi connectivity index (χ3n) is 2.51. The predicted molar refractivity (Wildman–Crippen MR) is 62.9 cm³/mol. The Hall–Kier alpha value is -1.75. The van der Waals surface area contributed by atoms with Gasteiger partial charge in [0.15, 0.2) is 0 Å². The van der Waals surface area contributed by atoms with Crippen LogP contribution in [0.4, 0.5) is 0 Å². The van der Waals surface area contributed by atoms with Crippen molar-refractivity contribution >= 4 is 5.97 Å². The molecule has 0 aliphatic heterocycles. The van der Waals surface area contributed by atoms with Gasteiger partial charge in [0.2, 0.25) is 0 Å². The summed E-state index contributed by atoms with van der Waals surface area (Å²) in [7, 11) is 0. The summed E-state index contributed by atoms with van der Waals surface area (Å²) >= 11 is 0. The molecular weight excluding hydrogens is 222 g/mol. The van der Waals surface area contributed by atoms with E-state index in [1.54, 1.807) is 6.07 Å². The summed E-state index contributed by atoms with van der Waals surface area (Å²) in [5.41, 5.74) is 0.551. The van der Waals surface area contributed by atoms with Gasteiger partial charge < -0.3 is 15.3 Å². The maximum Gasteiger partial charge on any atom is 0.320 e. The second-order valence-electron chi connectivity index (χ2n) is 4.25. The van der Waals surface area contributed by atoms with Crippen LogP contribution < -0.4 is 5.32 Å². The average Bonchev–Trinajstić information content (AvgIpc) is 2.20. The molecule has 0 spiro atoms. The van der Waals surface area contributed by atoms with Gasteiger partial charge in [0.25, 0.3) is 0 Å². The molecule has 0 aliphatic rings. The largest absolute Gasteiger partial charge is 0.508 e. The number of phenolic OH excluding ortho intramolecular Hbond substituents is 2. The predicted octanol–water partition coefficient (Wildman–Crippen LogP) is 1.30. The van der Waals surface area contributed by atoms with Crippen molar-refractivity contribution in [1.29, 1.82) is 0 Å². The van der Waals surface area contributed by atoms with Gasteiger partial charge in [0.1, 0.15) is 17.5 Å². The van der Waals surface area contributed by atoms with Crippen molar-refractivity contribution in [2.75, 3.05) is 0 Å². The molecule has 1 rings (SSSR count). The lowest BCUT2D eigenvalue weighted by Gasteiger charge is -2.18. The standard InChI is InChI=1S/C12H17NO4/c1-7(2)11(12(16)17)13-6-8-3-4-9(14)5-10(8)15/h3-5,7,11,13-15H,6H2,1-2H3,(H,16,17). The molecule has 0 saturated heterocycles. The van der Waals surface area contributed by atoms with Crippen LogP contribution in [0.2, 0.25) is 0 Å². The fourth-order valence-corrected chi connectivity index (χ4v) is 1.53. The molecule has 0 bridgehead atoms. The van der Waals surface area contributed by atoms with Gasteiger partial charge in [-0.3, -0.25) is 10.1 Å². The Labute approximate surface area is 99.7 Å². The molecule has 1 aromatic rings. The van der Waals surface area contributed by atoms with Crippen molar-refractivity contribution in [1.82, 2.24) is 5.32 Å². The van der Waals surface area contributed by atoms with Crippen LogP contribution >= 0.6 is 0 Å². The van der Waals surface area contributed by atoms with Gasteiger partial charge in [-0.05, 0) is 12.0 Å². The minimum atomic E-state index is -0.918. The van der Waals surface area contributed by atoms with Gasteiger partial charge in [-0.1, -0.05) is 19.9 Å². The molecule has 0 aliphatic carbocycles. The molecule has 5 heteroatoms. The van der Waals surface area contributed by atoms with E-state index in [9.17, 15) is 9.90 Å². The molecule has 94 valence electrons. The number of rotatable bonds is 5. The molecule has 0 aromatic heterocycles. The number of nitrogens with one attached hydrogen (secondary N) is 1. The number of benzene rings is 1. The summed E-state index contributed by atoms with van der Waals surface area (Å²) in [4.78, 5) is 10.9. The topological polar surface area (TPSA) is 89.8 Å². The Kier molecular flexibility index (Phi) is 4.34. The van der Waals surface area contributed by atoms with Crippen LogP contribution in [0.15, 0.2) is 18.2 Å². The van der Waals surface area contributed by atoms with Gasteiger partial charge in [-0.2, -0.15) is 0 Å². The van der Waals surface area contributed by atoms with E-state index in [1.165, 1.54) is 12.1 Å². The Morgan fingerprint density at radius 2 is 2.00 bits per heavy atom. The third-order valence-corrected chi connectivity index (χ3v) is 2.51. The van der Waals surface area contributed by atoms with Crippen molar-refractivity contribution in [3.63, 3.8) is 0 Å². The van der Waals surface area contributed by atoms with Gasteiger partial charge in [-0.25, -0.2) is 0 Å². The van der Waals surface area contributed by atoms with E-state index >= 15 is 0 Å². The van der Waals surface area contributed by atoms with Gasteiger partial charge in [-0.15, -0.1) is 0 Å². The highest BCUT2D eigenvalue weighted by Gasteiger charge is 2.20. The number of hydrogen-bond acceptors (Lipinski definition) is 4. The molecule has 0 saturated carbocycles. The van der Waals surface area contributed by atoms with E-state index in [0.717, 1.165) is 0 Å². The first-order chi connectivity index (χ1) is 7.91. The molecule has 0 fully saturated rings. The van der Waals surface area contributed by atoms with Gasteiger partial charge >= 0.3 is 5.97 Å². The first-order valence-electron chi connectivity index (χ1n) is 5.39. The van der Waals surface area contributed by atoms with E-state index < -0.39 is 12.0 Å². The molecule has 1 aromatic carbocycles. The van der Waals surface area contributed by atoms with Crippen LogP contribution in [0.3, 0.4) is 0 Å². The van der Waals surface area contributed by atoms with Crippen LogP contribution in [0.1, 0.15) is 19.4 Å². The number of aromatic hydroxyl groups is 2. The smallest absolute Gasteiger partial charge is 0.320 e. The van der Waals surface area contributed by atoms with Crippen molar-refractivity contribution in [3.8, 4) is 11.5 Å². The Morgan fingerprint density at radius 3 is 2.47 bits per heavy atom. The zero-order valence-electron chi connectivity index (χ0n) is 9.84. The lowest BCUT2D eigenvalue weighted by Crippen LogP contribution is -2.40. The minimum absolute atomic E-state index is 0.0232. The SMILES string of the molecule is CC(C)C(NCc1ccc(O)cc1O)C(=O)O. The summed E-state index contributed by atoms with van der Waals surface area (Å²) < 4.78 is 0. The summed E-state index contributed by atoms with van der Waals surface area (Å²) in [6, 6.07) is 3.56. The molecule has 1 atom stereocenters. The van der Waals surface area contributed by atoms with E-state index in [2.05, 4.69) is 5.32 Å². The molecule has 0 amide bonds.